The fourth-order valence-corrected chi connectivity index (χ4v) is 3.97. The van der Waals surface area contributed by atoms with Crippen LogP contribution in [-0.2, 0) is 14.8 Å². The Morgan fingerprint density at radius 2 is 1.71 bits per heavy atom. The van der Waals surface area contributed by atoms with Crippen molar-refractivity contribution in [2.24, 2.45) is 5.92 Å². The van der Waals surface area contributed by atoms with E-state index in [1.165, 1.54) is 16.4 Å². The van der Waals surface area contributed by atoms with Gasteiger partial charge in [0.25, 0.3) is 0 Å². The van der Waals surface area contributed by atoms with Crippen LogP contribution < -0.4 is 5.73 Å². The van der Waals surface area contributed by atoms with Crippen LogP contribution in [0.1, 0.15) is 12.8 Å². The summed E-state index contributed by atoms with van der Waals surface area (Å²) in [5.74, 6) is -0.0163. The summed E-state index contributed by atoms with van der Waals surface area (Å²) in [7, 11) is -0.0512. The van der Waals surface area contributed by atoms with Crippen LogP contribution in [0.4, 0.5) is 5.69 Å². The first-order chi connectivity index (χ1) is 9.82. The van der Waals surface area contributed by atoms with Crippen LogP contribution in [0.2, 0.25) is 0 Å². The van der Waals surface area contributed by atoms with Crippen molar-refractivity contribution in [3.8, 4) is 0 Å². The molecule has 1 aliphatic heterocycles. The molecule has 1 fully saturated rings. The van der Waals surface area contributed by atoms with E-state index in [9.17, 15) is 13.2 Å². The lowest BCUT2D eigenvalue weighted by atomic mass is 9.97. The van der Waals surface area contributed by atoms with E-state index in [1.54, 1.807) is 31.1 Å². The molecule has 21 heavy (non-hydrogen) atoms. The normalized spacial score (nSPS) is 17.6. The monoisotopic (exact) mass is 311 g/mol. The molecule has 0 aromatic heterocycles. The molecule has 1 heterocycles. The van der Waals surface area contributed by atoms with E-state index in [4.69, 9.17) is 5.73 Å². The molecule has 1 aromatic carbocycles. The van der Waals surface area contributed by atoms with E-state index in [-0.39, 0.29) is 16.7 Å². The first-order valence-electron chi connectivity index (χ1n) is 6.89. The average Bonchev–Trinajstić information content (AvgIpc) is 2.47. The molecule has 1 aromatic rings. The van der Waals surface area contributed by atoms with E-state index < -0.39 is 10.0 Å². The van der Waals surface area contributed by atoms with Crippen molar-refractivity contribution in [1.82, 2.24) is 9.21 Å². The lowest BCUT2D eigenvalue weighted by Gasteiger charge is -2.31. The van der Waals surface area contributed by atoms with Crippen LogP contribution in [0.5, 0.6) is 0 Å². The Morgan fingerprint density at radius 3 is 2.19 bits per heavy atom. The zero-order valence-electron chi connectivity index (χ0n) is 12.3. The number of amides is 1. The second kappa shape index (κ2) is 6.03. The molecule has 1 aliphatic rings. The van der Waals surface area contributed by atoms with Crippen LogP contribution >= 0.6 is 0 Å². The first-order valence-corrected chi connectivity index (χ1v) is 8.33. The van der Waals surface area contributed by atoms with E-state index in [1.807, 2.05) is 0 Å². The number of nitrogens with zero attached hydrogens (tertiary/aromatic N) is 2. The van der Waals surface area contributed by atoms with Crippen molar-refractivity contribution in [3.05, 3.63) is 24.3 Å². The minimum absolute atomic E-state index is 0.0690. The summed E-state index contributed by atoms with van der Waals surface area (Å²) >= 11 is 0. The number of nitrogens with two attached hydrogens (primary N) is 1. The molecule has 2 rings (SSSR count). The highest BCUT2D eigenvalue weighted by Gasteiger charge is 2.32. The Kier molecular flexibility index (Phi) is 4.53. The topological polar surface area (TPSA) is 83.7 Å². The van der Waals surface area contributed by atoms with E-state index >= 15 is 0 Å². The zero-order valence-corrected chi connectivity index (χ0v) is 13.1. The number of piperidine rings is 1. The molecule has 0 spiro atoms. The van der Waals surface area contributed by atoms with Gasteiger partial charge in [-0.25, -0.2) is 8.42 Å². The standard InChI is InChI=1S/C14H21N3O3S/c1-16(2)14(18)11-7-9-17(10-8-11)21(19,20)13-5-3-12(15)4-6-13/h3-6,11H,7-10,15H2,1-2H3. The fraction of sp³-hybridized carbons (Fsp3) is 0.500. The average molecular weight is 311 g/mol. The van der Waals surface area contributed by atoms with Gasteiger partial charge in [0.2, 0.25) is 15.9 Å². The van der Waals surface area contributed by atoms with Gasteiger partial charge in [0.15, 0.2) is 0 Å². The highest BCUT2D eigenvalue weighted by molar-refractivity contribution is 7.89. The number of anilines is 1. The SMILES string of the molecule is CN(C)C(=O)C1CCN(S(=O)(=O)c2ccc(N)cc2)CC1. The van der Waals surface area contributed by atoms with Gasteiger partial charge in [0, 0.05) is 38.8 Å². The summed E-state index contributed by atoms with van der Waals surface area (Å²) in [6.45, 7) is 0.744. The number of carbonyl (C=O) groups excluding carboxylic acids is 1. The summed E-state index contributed by atoms with van der Waals surface area (Å²) in [4.78, 5) is 13.7. The molecule has 1 amide bonds. The summed E-state index contributed by atoms with van der Waals surface area (Å²) in [6.07, 6.45) is 1.12. The number of carbonyl (C=O) groups is 1. The van der Waals surface area contributed by atoms with Gasteiger partial charge in [-0.1, -0.05) is 0 Å². The summed E-state index contributed by atoms with van der Waals surface area (Å²) in [6, 6.07) is 6.19. The van der Waals surface area contributed by atoms with Crippen molar-refractivity contribution in [2.75, 3.05) is 32.9 Å². The largest absolute Gasteiger partial charge is 0.399 e. The molecule has 2 N–H and O–H groups in total. The van der Waals surface area contributed by atoms with Gasteiger partial charge in [-0.2, -0.15) is 4.31 Å². The maximum absolute atomic E-state index is 12.5. The van der Waals surface area contributed by atoms with Crippen molar-refractivity contribution in [2.45, 2.75) is 17.7 Å². The molecule has 6 nitrogen and oxygen atoms in total. The lowest BCUT2D eigenvalue weighted by Crippen LogP contribution is -2.42. The number of hydrogen-bond acceptors (Lipinski definition) is 4. The molecule has 0 atom stereocenters. The summed E-state index contributed by atoms with van der Waals surface area (Å²) in [5.41, 5.74) is 6.11. The van der Waals surface area contributed by atoms with Gasteiger partial charge < -0.3 is 10.6 Å². The number of sulfonamides is 1. The molecule has 0 saturated carbocycles. The van der Waals surface area contributed by atoms with Crippen LogP contribution in [0.15, 0.2) is 29.2 Å². The second-order valence-corrected chi connectivity index (χ2v) is 7.42. The van der Waals surface area contributed by atoms with E-state index in [0.717, 1.165) is 0 Å². The minimum atomic E-state index is -3.50. The quantitative estimate of drug-likeness (QED) is 0.835. The molecular formula is C14H21N3O3S. The van der Waals surface area contributed by atoms with Crippen LogP contribution in [-0.4, -0.2) is 50.7 Å². The Hall–Kier alpha value is -1.60. The summed E-state index contributed by atoms with van der Waals surface area (Å²) < 4.78 is 26.4. The van der Waals surface area contributed by atoms with Gasteiger partial charge in [-0.05, 0) is 37.1 Å². The third kappa shape index (κ3) is 3.36. The van der Waals surface area contributed by atoms with Crippen molar-refractivity contribution >= 4 is 21.6 Å². The van der Waals surface area contributed by atoms with Gasteiger partial charge in [0.05, 0.1) is 4.90 Å². The van der Waals surface area contributed by atoms with Gasteiger partial charge in [-0.3, -0.25) is 4.79 Å². The predicted molar refractivity (Wildman–Crippen MR) is 81.0 cm³/mol. The highest BCUT2D eigenvalue weighted by atomic mass is 32.2. The fourth-order valence-electron chi connectivity index (χ4n) is 2.50. The number of hydrogen-bond donors (Lipinski definition) is 1. The third-order valence-corrected chi connectivity index (χ3v) is 5.67. The molecule has 1 saturated heterocycles. The highest BCUT2D eigenvalue weighted by Crippen LogP contribution is 2.25. The first kappa shape index (κ1) is 15.8. The summed E-state index contributed by atoms with van der Waals surface area (Å²) in [5, 5.41) is 0. The van der Waals surface area contributed by atoms with Gasteiger partial charge in [0.1, 0.15) is 0 Å². The third-order valence-electron chi connectivity index (χ3n) is 3.76. The minimum Gasteiger partial charge on any atom is -0.399 e. The Bertz CT molecular complexity index is 603. The van der Waals surface area contributed by atoms with Crippen molar-refractivity contribution < 1.29 is 13.2 Å². The van der Waals surface area contributed by atoms with Gasteiger partial charge >= 0.3 is 0 Å². The number of nitrogen functional groups attached to an aromatic ring is 1. The maximum atomic E-state index is 12.5. The van der Waals surface area contributed by atoms with Gasteiger partial charge in [-0.15, -0.1) is 0 Å². The molecule has 0 radical (unpaired) electrons. The molecule has 0 bridgehead atoms. The molecular weight excluding hydrogens is 290 g/mol. The Labute approximate surface area is 125 Å². The Morgan fingerprint density at radius 1 is 1.19 bits per heavy atom. The van der Waals surface area contributed by atoms with E-state index in [0.29, 0.717) is 31.6 Å². The van der Waals surface area contributed by atoms with Crippen molar-refractivity contribution in [3.63, 3.8) is 0 Å². The smallest absolute Gasteiger partial charge is 0.243 e. The molecule has 0 unspecified atom stereocenters. The second-order valence-electron chi connectivity index (χ2n) is 5.48. The molecule has 7 heteroatoms. The lowest BCUT2D eigenvalue weighted by molar-refractivity contribution is -0.134. The van der Waals surface area contributed by atoms with Crippen molar-refractivity contribution in [1.29, 1.82) is 0 Å². The predicted octanol–water partition coefficient (Wildman–Crippen LogP) is 0.758. The molecule has 0 aliphatic carbocycles. The van der Waals surface area contributed by atoms with Crippen LogP contribution in [0, 0.1) is 5.92 Å². The molecule has 116 valence electrons. The van der Waals surface area contributed by atoms with E-state index in [2.05, 4.69) is 0 Å². The Balaban J connectivity index is 2.07. The maximum Gasteiger partial charge on any atom is 0.243 e. The van der Waals surface area contributed by atoms with Crippen LogP contribution in [0.3, 0.4) is 0 Å². The van der Waals surface area contributed by atoms with Crippen LogP contribution in [0.25, 0.3) is 0 Å². The zero-order chi connectivity index (χ0) is 15.6. The number of rotatable bonds is 3. The number of benzene rings is 1.